The first-order valence-corrected chi connectivity index (χ1v) is 7.45. The van der Waals surface area contributed by atoms with E-state index in [-0.39, 0.29) is 11.0 Å². The molecule has 2 heterocycles. The van der Waals surface area contributed by atoms with Crippen LogP contribution in [0.5, 0.6) is 0 Å². The molecule has 0 fully saturated rings. The van der Waals surface area contributed by atoms with Gasteiger partial charge in [-0.2, -0.15) is 5.10 Å². The topological polar surface area (TPSA) is 56.7 Å². The number of hydrogen-bond acceptors (Lipinski definition) is 3. The van der Waals surface area contributed by atoms with Crippen molar-refractivity contribution in [2.45, 2.75) is 52.5 Å². The Bertz CT molecular complexity index is 629. The summed E-state index contributed by atoms with van der Waals surface area (Å²) in [7, 11) is 0. The maximum atomic E-state index is 6.16. The minimum Gasteiger partial charge on any atom is -0.382 e. The fourth-order valence-electron chi connectivity index (χ4n) is 2.29. The summed E-state index contributed by atoms with van der Waals surface area (Å²) in [6.07, 6.45) is 1.91. The lowest BCUT2D eigenvalue weighted by molar-refractivity contribution is 0.367. The van der Waals surface area contributed by atoms with Crippen molar-refractivity contribution in [2.75, 3.05) is 5.73 Å². The highest BCUT2D eigenvalue weighted by Crippen LogP contribution is 2.36. The minimum atomic E-state index is -0.134. The van der Waals surface area contributed by atoms with Crippen LogP contribution in [-0.2, 0) is 11.0 Å². The highest BCUT2D eigenvalue weighted by molar-refractivity contribution is 14.1. The summed E-state index contributed by atoms with van der Waals surface area (Å²) >= 11 is 2.33. The molecule has 0 aliphatic carbocycles. The Morgan fingerprint density at radius 3 is 2.21 bits per heavy atom. The van der Waals surface area contributed by atoms with E-state index in [9.17, 15) is 0 Å². The van der Waals surface area contributed by atoms with E-state index in [1.165, 1.54) is 5.56 Å². The zero-order chi connectivity index (χ0) is 14.6. The fraction of sp³-hybridized carbons (Fsp3) is 0.571. The maximum absolute atomic E-state index is 6.16. The van der Waals surface area contributed by atoms with Crippen molar-refractivity contribution in [3.05, 3.63) is 15.3 Å². The molecular weight excluding hydrogens is 351 g/mol. The van der Waals surface area contributed by atoms with E-state index in [1.54, 1.807) is 0 Å². The van der Waals surface area contributed by atoms with E-state index < -0.39 is 0 Å². The molecule has 0 bridgehead atoms. The highest BCUT2D eigenvalue weighted by atomic mass is 127. The molecule has 19 heavy (non-hydrogen) atoms. The third-order valence-corrected chi connectivity index (χ3v) is 3.88. The van der Waals surface area contributed by atoms with Crippen LogP contribution < -0.4 is 5.73 Å². The van der Waals surface area contributed by atoms with Gasteiger partial charge in [-0.05, 0) is 54.3 Å². The Morgan fingerprint density at radius 2 is 1.74 bits per heavy atom. The van der Waals surface area contributed by atoms with Gasteiger partial charge in [-0.15, -0.1) is 0 Å². The molecule has 2 rings (SSSR count). The number of nitrogens with zero attached hydrogens (tertiary/aromatic N) is 3. The van der Waals surface area contributed by atoms with Crippen LogP contribution in [0.25, 0.3) is 11.0 Å². The first kappa shape index (κ1) is 14.6. The molecule has 0 unspecified atom stereocenters. The molecular formula is C14H21IN4. The number of fused-ring (bicyclic) bond motifs is 1. The number of nitrogens with two attached hydrogens (primary N) is 1. The average Bonchev–Trinajstić information content (AvgIpc) is 2.54. The Hall–Kier alpha value is -0.850. The molecule has 0 saturated carbocycles. The summed E-state index contributed by atoms with van der Waals surface area (Å²) in [6, 6.07) is 0. The van der Waals surface area contributed by atoms with Gasteiger partial charge in [-0.25, -0.2) is 9.67 Å². The second kappa shape index (κ2) is 4.33. The SMILES string of the molecule is CC(C)(C)c1c(I)cnc2c1c(N)nn2C(C)(C)C. The third kappa shape index (κ3) is 2.44. The van der Waals surface area contributed by atoms with E-state index in [1.807, 2.05) is 10.9 Å². The number of hydrogen-bond donors (Lipinski definition) is 1. The molecule has 0 aliphatic rings. The first-order chi connectivity index (χ1) is 8.53. The van der Waals surface area contributed by atoms with Gasteiger partial charge in [0.05, 0.1) is 10.9 Å². The van der Waals surface area contributed by atoms with Gasteiger partial charge in [-0.3, -0.25) is 0 Å². The Kier molecular flexibility index (Phi) is 3.32. The van der Waals surface area contributed by atoms with Gasteiger partial charge in [0.2, 0.25) is 0 Å². The van der Waals surface area contributed by atoms with Crippen LogP contribution in [0.4, 0.5) is 5.82 Å². The van der Waals surface area contributed by atoms with Crippen molar-refractivity contribution in [2.24, 2.45) is 0 Å². The van der Waals surface area contributed by atoms with Crippen molar-refractivity contribution in [1.82, 2.24) is 14.8 Å². The van der Waals surface area contributed by atoms with Crippen LogP contribution in [0.15, 0.2) is 6.20 Å². The molecule has 0 radical (unpaired) electrons. The normalized spacial score (nSPS) is 13.2. The Labute approximate surface area is 127 Å². The van der Waals surface area contributed by atoms with E-state index in [0.717, 1.165) is 14.6 Å². The lowest BCUT2D eigenvalue weighted by Gasteiger charge is -2.23. The molecule has 2 aromatic rings. The van der Waals surface area contributed by atoms with Gasteiger partial charge in [-0.1, -0.05) is 20.8 Å². The number of halogens is 1. The summed E-state index contributed by atoms with van der Waals surface area (Å²) in [6.45, 7) is 12.9. The number of pyridine rings is 1. The van der Waals surface area contributed by atoms with Crippen molar-refractivity contribution in [1.29, 1.82) is 0 Å². The molecule has 2 aromatic heterocycles. The lowest BCUT2D eigenvalue weighted by atomic mass is 9.85. The van der Waals surface area contributed by atoms with E-state index in [4.69, 9.17) is 5.73 Å². The number of nitrogen functional groups attached to an aromatic ring is 1. The van der Waals surface area contributed by atoms with Crippen molar-refractivity contribution in [3.8, 4) is 0 Å². The molecule has 0 aromatic carbocycles. The lowest BCUT2D eigenvalue weighted by Crippen LogP contribution is -2.23. The van der Waals surface area contributed by atoms with Gasteiger partial charge >= 0.3 is 0 Å². The molecule has 0 spiro atoms. The largest absolute Gasteiger partial charge is 0.382 e. The zero-order valence-electron chi connectivity index (χ0n) is 12.4. The average molecular weight is 372 g/mol. The van der Waals surface area contributed by atoms with Gasteiger partial charge in [0.15, 0.2) is 11.5 Å². The Morgan fingerprint density at radius 1 is 1.16 bits per heavy atom. The predicted octanol–water partition coefficient (Wildman–Crippen LogP) is 3.67. The van der Waals surface area contributed by atoms with Crippen LogP contribution in [0.2, 0.25) is 0 Å². The van der Waals surface area contributed by atoms with Gasteiger partial charge in [0, 0.05) is 9.77 Å². The summed E-state index contributed by atoms with van der Waals surface area (Å²) in [5.41, 5.74) is 8.14. The van der Waals surface area contributed by atoms with Crippen molar-refractivity contribution in [3.63, 3.8) is 0 Å². The van der Waals surface area contributed by atoms with Crippen molar-refractivity contribution >= 4 is 39.4 Å². The number of rotatable bonds is 0. The van der Waals surface area contributed by atoms with Gasteiger partial charge < -0.3 is 5.73 Å². The molecule has 0 amide bonds. The molecule has 0 saturated heterocycles. The molecule has 5 heteroatoms. The second-order valence-electron chi connectivity index (χ2n) is 6.90. The third-order valence-electron chi connectivity index (χ3n) is 3.06. The second-order valence-corrected chi connectivity index (χ2v) is 8.06. The van der Waals surface area contributed by atoms with E-state index in [2.05, 4.69) is 74.2 Å². The predicted molar refractivity (Wildman–Crippen MR) is 88.4 cm³/mol. The van der Waals surface area contributed by atoms with Crippen LogP contribution in [-0.4, -0.2) is 14.8 Å². The fourth-order valence-corrected chi connectivity index (χ4v) is 3.51. The van der Waals surface area contributed by atoms with Crippen LogP contribution in [0.1, 0.15) is 47.1 Å². The smallest absolute Gasteiger partial charge is 0.160 e. The zero-order valence-corrected chi connectivity index (χ0v) is 14.5. The monoisotopic (exact) mass is 372 g/mol. The standard InChI is InChI=1S/C14H21IN4/c1-13(2,3)10-8(15)7-17-12-9(10)11(16)18-19(12)14(4,5)6/h7H,1-6H3,(H2,16,18). The first-order valence-electron chi connectivity index (χ1n) is 6.37. The number of aromatic nitrogens is 3. The summed E-state index contributed by atoms with van der Waals surface area (Å²) in [4.78, 5) is 4.56. The minimum absolute atomic E-state index is 0.0115. The van der Waals surface area contributed by atoms with E-state index in [0.29, 0.717) is 5.82 Å². The summed E-state index contributed by atoms with van der Waals surface area (Å²) in [5.74, 6) is 0.570. The van der Waals surface area contributed by atoms with Gasteiger partial charge in [0.1, 0.15) is 0 Å². The van der Waals surface area contributed by atoms with Gasteiger partial charge in [0.25, 0.3) is 0 Å². The molecule has 0 aliphatic heterocycles. The van der Waals surface area contributed by atoms with Crippen LogP contribution in [0, 0.1) is 3.57 Å². The molecule has 2 N–H and O–H groups in total. The molecule has 4 nitrogen and oxygen atoms in total. The Balaban J connectivity index is 2.93. The maximum Gasteiger partial charge on any atom is 0.160 e. The summed E-state index contributed by atoms with van der Waals surface area (Å²) < 4.78 is 3.06. The van der Waals surface area contributed by atoms with Crippen LogP contribution >= 0.6 is 22.6 Å². The summed E-state index contributed by atoms with van der Waals surface area (Å²) in [5, 5.41) is 5.50. The quantitative estimate of drug-likeness (QED) is 0.718. The van der Waals surface area contributed by atoms with Crippen LogP contribution in [0.3, 0.4) is 0 Å². The van der Waals surface area contributed by atoms with E-state index >= 15 is 0 Å². The van der Waals surface area contributed by atoms with Crippen molar-refractivity contribution < 1.29 is 0 Å². The molecule has 104 valence electrons. The highest BCUT2D eigenvalue weighted by Gasteiger charge is 2.27. The molecule has 0 atom stereocenters. The number of anilines is 1.